The zero-order valence-corrected chi connectivity index (χ0v) is 13.1. The molecule has 0 saturated carbocycles. The third-order valence-corrected chi connectivity index (χ3v) is 4.12. The van der Waals surface area contributed by atoms with E-state index in [0.717, 1.165) is 18.1 Å². The second-order valence-corrected chi connectivity index (χ2v) is 5.75. The van der Waals surface area contributed by atoms with E-state index in [1.54, 1.807) is 0 Å². The molecule has 0 bridgehead atoms. The maximum absolute atomic E-state index is 5.62. The Hall–Kier alpha value is -2.00. The van der Waals surface area contributed by atoms with Crippen molar-refractivity contribution in [3.63, 3.8) is 0 Å². The minimum absolute atomic E-state index is 0.279. The Balaban J connectivity index is 1.79. The Morgan fingerprint density at radius 1 is 1.24 bits per heavy atom. The zero-order valence-electron chi connectivity index (χ0n) is 13.1. The highest BCUT2D eigenvalue weighted by Gasteiger charge is 2.13. The second kappa shape index (κ2) is 5.41. The van der Waals surface area contributed by atoms with Crippen molar-refractivity contribution in [2.24, 2.45) is 7.05 Å². The Labute approximate surface area is 125 Å². The lowest BCUT2D eigenvalue weighted by Gasteiger charge is -2.12. The molecule has 1 aromatic carbocycles. The average Bonchev–Trinajstić information content (AvgIpc) is 2.97. The molecule has 3 heteroatoms. The van der Waals surface area contributed by atoms with Gasteiger partial charge in [0.2, 0.25) is 0 Å². The molecule has 3 aromatic rings. The number of furan rings is 1. The molecule has 2 heterocycles. The van der Waals surface area contributed by atoms with E-state index in [4.69, 9.17) is 4.42 Å². The van der Waals surface area contributed by atoms with Crippen LogP contribution in [0.3, 0.4) is 0 Å². The number of fused-ring (bicyclic) bond motifs is 1. The van der Waals surface area contributed by atoms with Crippen LogP contribution in [0, 0.1) is 13.8 Å². The molecule has 0 saturated heterocycles. The maximum Gasteiger partial charge on any atom is 0.105 e. The van der Waals surface area contributed by atoms with Crippen LogP contribution in [-0.4, -0.2) is 4.57 Å². The highest BCUT2D eigenvalue weighted by molar-refractivity contribution is 5.83. The third-order valence-electron chi connectivity index (χ3n) is 4.12. The molecule has 3 nitrogen and oxygen atoms in total. The molecule has 110 valence electrons. The van der Waals surface area contributed by atoms with E-state index in [-0.39, 0.29) is 6.04 Å². The fourth-order valence-corrected chi connectivity index (χ4v) is 3.02. The molecular weight excluding hydrogens is 260 g/mol. The summed E-state index contributed by atoms with van der Waals surface area (Å²) in [4.78, 5) is 0. The SMILES string of the molecule is Cc1cc(C(C)NCc2cn(C)c3ccccc23)c(C)o1. The van der Waals surface area contributed by atoms with Crippen molar-refractivity contribution >= 4 is 10.9 Å². The quantitative estimate of drug-likeness (QED) is 0.775. The Kier molecular flexibility index (Phi) is 3.60. The maximum atomic E-state index is 5.62. The van der Waals surface area contributed by atoms with Gasteiger partial charge in [-0.15, -0.1) is 0 Å². The first kappa shape index (κ1) is 14.0. The summed E-state index contributed by atoms with van der Waals surface area (Å²) in [7, 11) is 2.10. The standard InChI is InChI=1S/C18H22N2O/c1-12-9-17(14(3)21-12)13(2)19-10-15-11-20(4)18-8-6-5-7-16(15)18/h5-9,11,13,19H,10H2,1-4H3. The molecule has 21 heavy (non-hydrogen) atoms. The number of nitrogens with one attached hydrogen (secondary N) is 1. The summed E-state index contributed by atoms with van der Waals surface area (Å²) in [6.45, 7) is 7.06. The lowest BCUT2D eigenvalue weighted by molar-refractivity contribution is 0.490. The van der Waals surface area contributed by atoms with Crippen LogP contribution < -0.4 is 5.32 Å². The Morgan fingerprint density at radius 2 is 2.00 bits per heavy atom. The summed E-state index contributed by atoms with van der Waals surface area (Å²) in [5, 5.41) is 4.92. The largest absolute Gasteiger partial charge is 0.466 e. The molecular formula is C18H22N2O. The summed E-state index contributed by atoms with van der Waals surface area (Å²) in [6, 6.07) is 10.9. The van der Waals surface area contributed by atoms with Gasteiger partial charge in [-0.05, 0) is 38.5 Å². The summed E-state index contributed by atoms with van der Waals surface area (Å²) >= 11 is 0. The lowest BCUT2D eigenvalue weighted by atomic mass is 10.1. The zero-order chi connectivity index (χ0) is 15.0. The van der Waals surface area contributed by atoms with E-state index in [1.165, 1.54) is 22.0 Å². The Bertz CT molecular complexity index is 767. The van der Waals surface area contributed by atoms with Crippen molar-refractivity contribution in [3.8, 4) is 0 Å². The number of nitrogens with zero attached hydrogens (tertiary/aromatic N) is 1. The third kappa shape index (κ3) is 2.61. The molecule has 0 fully saturated rings. The van der Waals surface area contributed by atoms with E-state index < -0.39 is 0 Å². The average molecular weight is 282 g/mol. The first-order valence-corrected chi connectivity index (χ1v) is 7.39. The van der Waals surface area contributed by atoms with Crippen molar-refractivity contribution in [1.29, 1.82) is 0 Å². The van der Waals surface area contributed by atoms with Gasteiger partial charge < -0.3 is 14.3 Å². The molecule has 0 radical (unpaired) electrons. The predicted molar refractivity (Wildman–Crippen MR) is 86.4 cm³/mol. The number of benzene rings is 1. The van der Waals surface area contributed by atoms with Crippen LogP contribution in [0.1, 0.15) is 35.6 Å². The molecule has 1 atom stereocenters. The minimum atomic E-state index is 0.279. The smallest absolute Gasteiger partial charge is 0.105 e. The minimum Gasteiger partial charge on any atom is -0.466 e. The molecule has 1 unspecified atom stereocenters. The second-order valence-electron chi connectivity index (χ2n) is 5.75. The lowest BCUT2D eigenvalue weighted by Crippen LogP contribution is -2.18. The monoisotopic (exact) mass is 282 g/mol. The van der Waals surface area contributed by atoms with Gasteiger partial charge in [-0.2, -0.15) is 0 Å². The van der Waals surface area contributed by atoms with Gasteiger partial charge in [0.25, 0.3) is 0 Å². The first-order chi connectivity index (χ1) is 10.1. The molecule has 3 rings (SSSR count). The molecule has 2 aromatic heterocycles. The van der Waals surface area contributed by atoms with Gasteiger partial charge in [-0.3, -0.25) is 0 Å². The topological polar surface area (TPSA) is 30.1 Å². The van der Waals surface area contributed by atoms with E-state index >= 15 is 0 Å². The molecule has 1 N–H and O–H groups in total. The molecule has 0 amide bonds. The van der Waals surface area contributed by atoms with E-state index in [2.05, 4.69) is 60.4 Å². The van der Waals surface area contributed by atoms with Crippen LogP contribution in [0.5, 0.6) is 0 Å². The van der Waals surface area contributed by atoms with E-state index in [0.29, 0.717) is 0 Å². The van der Waals surface area contributed by atoms with Crippen molar-refractivity contribution in [2.45, 2.75) is 33.4 Å². The van der Waals surface area contributed by atoms with E-state index in [9.17, 15) is 0 Å². The number of para-hydroxylation sites is 1. The van der Waals surface area contributed by atoms with E-state index in [1.807, 2.05) is 13.8 Å². The molecule has 0 aliphatic rings. The van der Waals surface area contributed by atoms with Gasteiger partial charge in [-0.1, -0.05) is 18.2 Å². The first-order valence-electron chi connectivity index (χ1n) is 7.39. The predicted octanol–water partition coefficient (Wildman–Crippen LogP) is 4.24. The Morgan fingerprint density at radius 3 is 2.71 bits per heavy atom. The van der Waals surface area contributed by atoms with Crippen molar-refractivity contribution in [3.05, 3.63) is 59.2 Å². The summed E-state index contributed by atoms with van der Waals surface area (Å²) in [5.41, 5.74) is 3.85. The normalized spacial score (nSPS) is 13.0. The summed E-state index contributed by atoms with van der Waals surface area (Å²) in [5.74, 6) is 1.98. The molecule has 0 aliphatic carbocycles. The highest BCUT2D eigenvalue weighted by Crippen LogP contribution is 2.24. The van der Waals surface area contributed by atoms with Crippen LogP contribution in [0.2, 0.25) is 0 Å². The number of aryl methyl sites for hydroxylation is 3. The molecule has 0 aliphatic heterocycles. The number of aromatic nitrogens is 1. The van der Waals surface area contributed by atoms with Crippen LogP contribution in [0.15, 0.2) is 40.9 Å². The fraction of sp³-hybridized carbons (Fsp3) is 0.333. The van der Waals surface area contributed by atoms with Gasteiger partial charge in [0.05, 0.1) is 0 Å². The molecule has 0 spiro atoms. The number of rotatable bonds is 4. The highest BCUT2D eigenvalue weighted by atomic mass is 16.3. The van der Waals surface area contributed by atoms with Crippen molar-refractivity contribution in [2.75, 3.05) is 0 Å². The number of hydrogen-bond acceptors (Lipinski definition) is 2. The van der Waals surface area contributed by atoms with Gasteiger partial charge in [0, 0.05) is 42.3 Å². The summed E-state index contributed by atoms with van der Waals surface area (Å²) in [6.07, 6.45) is 2.21. The van der Waals surface area contributed by atoms with Crippen LogP contribution >= 0.6 is 0 Å². The fourth-order valence-electron chi connectivity index (χ4n) is 3.02. The number of hydrogen-bond donors (Lipinski definition) is 1. The van der Waals surface area contributed by atoms with Crippen LogP contribution in [0.25, 0.3) is 10.9 Å². The van der Waals surface area contributed by atoms with Gasteiger partial charge in [-0.25, -0.2) is 0 Å². The van der Waals surface area contributed by atoms with Crippen molar-refractivity contribution in [1.82, 2.24) is 9.88 Å². The van der Waals surface area contributed by atoms with Crippen molar-refractivity contribution < 1.29 is 4.42 Å². The van der Waals surface area contributed by atoms with Gasteiger partial charge in [0.15, 0.2) is 0 Å². The van der Waals surface area contributed by atoms with Crippen LogP contribution in [0.4, 0.5) is 0 Å². The summed E-state index contributed by atoms with van der Waals surface area (Å²) < 4.78 is 7.80. The van der Waals surface area contributed by atoms with Gasteiger partial charge in [0.1, 0.15) is 11.5 Å². The van der Waals surface area contributed by atoms with Gasteiger partial charge >= 0.3 is 0 Å². The van der Waals surface area contributed by atoms with Crippen LogP contribution in [-0.2, 0) is 13.6 Å².